The lowest BCUT2D eigenvalue weighted by atomic mass is 9.45. The minimum Gasteiger partial charge on any atom is -0.496 e. The van der Waals surface area contributed by atoms with Gasteiger partial charge in [-0.25, -0.2) is 0 Å². The number of rotatable bonds is 8. The Labute approximate surface area is 271 Å². The highest BCUT2D eigenvalue weighted by Gasteiger charge is 2.71. The summed E-state index contributed by atoms with van der Waals surface area (Å²) >= 11 is 1.64. The van der Waals surface area contributed by atoms with E-state index in [-0.39, 0.29) is 22.9 Å². The Kier molecular flexibility index (Phi) is 6.97. The molecular formula is C37H35N3O5S. The summed E-state index contributed by atoms with van der Waals surface area (Å²) < 4.78 is 17.5. The molecule has 2 fully saturated rings. The molecule has 2 aromatic carbocycles. The Morgan fingerprint density at radius 2 is 1.96 bits per heavy atom. The van der Waals surface area contributed by atoms with Crippen molar-refractivity contribution in [3.05, 3.63) is 114 Å². The van der Waals surface area contributed by atoms with Crippen LogP contribution in [0.3, 0.4) is 0 Å². The Balaban J connectivity index is 1.25. The molecule has 46 heavy (non-hydrogen) atoms. The first-order chi connectivity index (χ1) is 22.5. The van der Waals surface area contributed by atoms with Crippen LogP contribution < -0.4 is 19.5 Å². The van der Waals surface area contributed by atoms with Crippen LogP contribution in [0.4, 0.5) is 0 Å². The first kappa shape index (κ1) is 28.9. The Morgan fingerprint density at radius 1 is 1.11 bits per heavy atom. The van der Waals surface area contributed by atoms with Crippen LogP contribution in [-0.2, 0) is 21.5 Å². The van der Waals surface area contributed by atoms with E-state index in [2.05, 4.69) is 46.4 Å². The van der Waals surface area contributed by atoms with Gasteiger partial charge in [-0.3, -0.25) is 14.6 Å². The number of ether oxygens (including phenoxy) is 3. The molecule has 2 aromatic heterocycles. The second-order valence-electron chi connectivity index (χ2n) is 12.6. The minimum atomic E-state index is -0.838. The standard InChI is InChI=1S/C37H35N3O5S/c1-22(25-7-3-4-8-29(25)43-2)33(41)32-17-37(35(42)40-19-23-6-5-13-38-18-23)27-11-12-36(34(37)46-32,28-21-39-20-26(27)28)24-9-10-30-31(16-24)45-15-14-44-30/h3-10,13,16,18,20-21,27,32,34,39H,1,11-12,14-15,17,19H2,2H3,(H,40,42). The summed E-state index contributed by atoms with van der Waals surface area (Å²) in [5.41, 5.74) is 4.07. The van der Waals surface area contributed by atoms with Crippen LogP contribution >= 0.6 is 11.8 Å². The summed E-state index contributed by atoms with van der Waals surface area (Å²) in [6.45, 7) is 5.62. The number of para-hydroxylation sites is 1. The number of aromatic nitrogens is 2. The third kappa shape index (κ3) is 4.17. The molecule has 5 aliphatic rings. The predicted octanol–water partition coefficient (Wildman–Crippen LogP) is 5.83. The van der Waals surface area contributed by atoms with Gasteiger partial charge in [-0.1, -0.05) is 36.9 Å². The molecule has 4 aromatic rings. The van der Waals surface area contributed by atoms with E-state index < -0.39 is 16.1 Å². The van der Waals surface area contributed by atoms with E-state index in [1.54, 1.807) is 31.3 Å². The van der Waals surface area contributed by atoms with Crippen LogP contribution in [0.5, 0.6) is 17.2 Å². The Hall–Kier alpha value is -4.50. The van der Waals surface area contributed by atoms with Gasteiger partial charge in [0.15, 0.2) is 17.3 Å². The number of fused-ring (bicyclic) bond motifs is 2. The maximum Gasteiger partial charge on any atom is 0.228 e. The molecule has 2 aliphatic heterocycles. The van der Waals surface area contributed by atoms with Gasteiger partial charge in [0.25, 0.3) is 0 Å². The Bertz CT molecular complexity index is 1860. The van der Waals surface area contributed by atoms with Gasteiger partial charge in [0.05, 0.1) is 17.8 Å². The van der Waals surface area contributed by atoms with Gasteiger partial charge in [0.1, 0.15) is 19.0 Å². The van der Waals surface area contributed by atoms with Crippen molar-refractivity contribution in [2.75, 3.05) is 20.3 Å². The number of amides is 1. The number of nitrogens with one attached hydrogen (secondary N) is 2. The van der Waals surface area contributed by atoms with Crippen molar-refractivity contribution in [2.24, 2.45) is 5.41 Å². The van der Waals surface area contributed by atoms with Crippen molar-refractivity contribution in [3.63, 3.8) is 0 Å². The van der Waals surface area contributed by atoms with E-state index in [9.17, 15) is 9.59 Å². The SMILES string of the molecule is C=C(C(=O)C1CC2(C(=O)NCc3cccnc3)C3CCC(c4ccc5c(c4)OCCO5)(c4c[nH]cc43)C2S1)c1ccccc1OC. The summed E-state index contributed by atoms with van der Waals surface area (Å²) in [6, 6.07) is 17.5. The molecule has 1 saturated heterocycles. The average Bonchev–Trinajstić information content (AvgIpc) is 3.79. The van der Waals surface area contributed by atoms with Crippen LogP contribution in [0.2, 0.25) is 0 Å². The summed E-state index contributed by atoms with van der Waals surface area (Å²) in [5.74, 6) is 1.92. The van der Waals surface area contributed by atoms with Crippen LogP contribution in [-0.4, -0.2) is 52.5 Å². The molecule has 5 unspecified atom stereocenters. The number of aromatic amines is 1. The maximum absolute atomic E-state index is 14.9. The number of hydrogen-bond acceptors (Lipinski definition) is 7. The molecule has 234 valence electrons. The molecule has 2 N–H and O–H groups in total. The number of nitrogens with zero attached hydrogens (tertiary/aromatic N) is 1. The van der Waals surface area contributed by atoms with Crippen molar-refractivity contribution in [3.8, 4) is 17.2 Å². The lowest BCUT2D eigenvalue weighted by Gasteiger charge is -2.59. The van der Waals surface area contributed by atoms with Gasteiger partial charge in [-0.2, -0.15) is 0 Å². The largest absolute Gasteiger partial charge is 0.496 e. The lowest BCUT2D eigenvalue weighted by molar-refractivity contribution is -0.136. The zero-order chi connectivity index (χ0) is 31.5. The van der Waals surface area contributed by atoms with Crippen LogP contribution in [0.15, 0.2) is 86.0 Å². The maximum atomic E-state index is 14.9. The fourth-order valence-electron chi connectivity index (χ4n) is 8.52. The molecule has 0 spiro atoms. The van der Waals surface area contributed by atoms with Crippen LogP contribution in [0, 0.1) is 5.41 Å². The van der Waals surface area contributed by atoms with Gasteiger partial charge in [-0.15, -0.1) is 11.8 Å². The first-order valence-corrected chi connectivity index (χ1v) is 16.7. The van der Waals surface area contributed by atoms with E-state index in [0.717, 1.165) is 41.0 Å². The van der Waals surface area contributed by atoms with Gasteiger partial charge in [0, 0.05) is 59.1 Å². The number of carbonyl (C=O) groups is 2. The number of hydrogen-bond donors (Lipinski definition) is 2. The highest BCUT2D eigenvalue weighted by atomic mass is 32.2. The van der Waals surface area contributed by atoms with E-state index in [1.165, 1.54) is 5.56 Å². The fourth-order valence-corrected chi connectivity index (χ4v) is 10.7. The summed E-state index contributed by atoms with van der Waals surface area (Å²) in [6.07, 6.45) is 9.75. The topological polar surface area (TPSA) is 103 Å². The number of allylic oxidation sites excluding steroid dienone is 1. The summed E-state index contributed by atoms with van der Waals surface area (Å²) in [5, 5.41) is 2.62. The molecule has 4 heterocycles. The van der Waals surface area contributed by atoms with Gasteiger partial charge < -0.3 is 24.5 Å². The van der Waals surface area contributed by atoms with Crippen LogP contribution in [0.25, 0.3) is 5.57 Å². The number of pyridine rings is 1. The molecule has 5 atom stereocenters. The van der Waals surface area contributed by atoms with Crippen molar-refractivity contribution >= 4 is 29.0 Å². The van der Waals surface area contributed by atoms with Crippen molar-refractivity contribution in [1.29, 1.82) is 0 Å². The van der Waals surface area contributed by atoms with Gasteiger partial charge >= 0.3 is 0 Å². The number of thioether (sulfide) groups is 1. The average molecular weight is 634 g/mol. The quantitative estimate of drug-likeness (QED) is 0.236. The smallest absolute Gasteiger partial charge is 0.228 e. The zero-order valence-corrected chi connectivity index (χ0v) is 26.4. The molecule has 2 bridgehead atoms. The third-order valence-electron chi connectivity index (χ3n) is 10.5. The molecule has 9 rings (SSSR count). The van der Waals surface area contributed by atoms with Gasteiger partial charge in [0.2, 0.25) is 5.91 Å². The van der Waals surface area contributed by atoms with Gasteiger partial charge in [-0.05, 0) is 65.8 Å². The van der Waals surface area contributed by atoms with Crippen molar-refractivity contribution in [2.45, 2.75) is 47.6 Å². The Morgan fingerprint density at radius 3 is 2.78 bits per heavy atom. The van der Waals surface area contributed by atoms with E-state index >= 15 is 0 Å². The molecular weight excluding hydrogens is 598 g/mol. The number of Topliss-reactive ketones (excluding diaryl/α,β-unsaturated/α-hetero) is 1. The van der Waals surface area contributed by atoms with Crippen LogP contribution in [0.1, 0.15) is 53.0 Å². The third-order valence-corrected chi connectivity index (χ3v) is 12.3. The normalized spacial score (nSPS) is 26.9. The number of benzene rings is 2. The number of carbonyl (C=O) groups excluding carboxylic acids is 2. The molecule has 9 heteroatoms. The second kappa shape index (κ2) is 11.1. The van der Waals surface area contributed by atoms with E-state index in [0.29, 0.717) is 43.1 Å². The predicted molar refractivity (Wildman–Crippen MR) is 176 cm³/mol. The number of H-pyrrole nitrogens is 1. The van der Waals surface area contributed by atoms with Crippen molar-refractivity contribution < 1.29 is 23.8 Å². The lowest BCUT2D eigenvalue weighted by Crippen LogP contribution is -2.62. The fraction of sp³-hybridized carbons (Fsp3) is 0.324. The molecule has 1 saturated carbocycles. The number of methoxy groups -OCH3 is 1. The molecule has 1 amide bonds. The molecule has 3 aliphatic carbocycles. The molecule has 8 nitrogen and oxygen atoms in total. The second-order valence-corrected chi connectivity index (χ2v) is 13.9. The van der Waals surface area contributed by atoms with E-state index in [4.69, 9.17) is 14.2 Å². The minimum absolute atomic E-state index is 0.0227. The summed E-state index contributed by atoms with van der Waals surface area (Å²) in [7, 11) is 1.60. The van der Waals surface area contributed by atoms with E-state index in [1.807, 2.05) is 42.5 Å². The first-order valence-electron chi connectivity index (χ1n) is 15.7. The molecule has 0 radical (unpaired) electrons. The monoisotopic (exact) mass is 633 g/mol. The summed E-state index contributed by atoms with van der Waals surface area (Å²) in [4.78, 5) is 36.9. The highest BCUT2D eigenvalue weighted by Crippen LogP contribution is 2.72. The zero-order valence-electron chi connectivity index (χ0n) is 25.6. The number of ketones is 1. The highest BCUT2D eigenvalue weighted by molar-refractivity contribution is 8.01. The van der Waals surface area contributed by atoms with Crippen molar-refractivity contribution in [1.82, 2.24) is 15.3 Å².